The van der Waals surface area contributed by atoms with Crippen LogP contribution in [-0.4, -0.2) is 53.7 Å². The highest BCUT2D eigenvalue weighted by atomic mass is 19.1. The third-order valence-electron chi connectivity index (χ3n) is 7.43. The van der Waals surface area contributed by atoms with Gasteiger partial charge >= 0.3 is 0 Å². The normalized spacial score (nSPS) is 12.1. The predicted molar refractivity (Wildman–Crippen MR) is 172 cm³/mol. The molecule has 1 fully saturated rings. The van der Waals surface area contributed by atoms with Crippen LogP contribution in [0.5, 0.6) is 29.0 Å². The third-order valence-corrected chi connectivity index (χ3v) is 7.43. The molecule has 0 unspecified atom stereocenters. The van der Waals surface area contributed by atoms with Crippen LogP contribution < -0.4 is 29.8 Å². The molecule has 0 spiro atoms. The molecular formula is C34H33F2N5O6. The van der Waals surface area contributed by atoms with Crippen LogP contribution in [0.2, 0.25) is 0 Å². The van der Waals surface area contributed by atoms with E-state index in [-0.39, 0.29) is 22.8 Å². The number of hydrogen-bond acceptors (Lipinski definition) is 10. The number of nitrogens with zero attached hydrogens (tertiary/aromatic N) is 4. The van der Waals surface area contributed by atoms with Gasteiger partial charge in [0.1, 0.15) is 0 Å². The highest BCUT2D eigenvalue weighted by Crippen LogP contribution is 2.41. The van der Waals surface area contributed by atoms with Gasteiger partial charge < -0.3 is 24.3 Å². The molecule has 1 N–H and O–H groups in total. The summed E-state index contributed by atoms with van der Waals surface area (Å²) >= 11 is 0. The van der Waals surface area contributed by atoms with Crippen LogP contribution in [0.1, 0.15) is 47.3 Å². The zero-order valence-corrected chi connectivity index (χ0v) is 26.5. The molecule has 0 aliphatic heterocycles. The molecule has 13 heteroatoms. The van der Waals surface area contributed by atoms with Crippen molar-refractivity contribution in [3.8, 4) is 34.7 Å². The second-order valence-corrected chi connectivity index (χ2v) is 10.5. The molecule has 1 saturated carbocycles. The number of aldehydes is 1. The van der Waals surface area contributed by atoms with Crippen molar-refractivity contribution in [2.24, 2.45) is 0 Å². The first-order chi connectivity index (χ1) is 22.7. The standard InChI is InChI=1S/C17H15F2N3O3.C17H18N2O3/c1-20-9-4-11(18)17(22-7-9)25-16-10-5-14(23-2)15(24-3)6-13(10)21-8-12(16)19;1-3-22-16-8-11(2)15(9-18-16)19-14(12-4-5-12)7-6-13(10-20)17(19)21/h4-8,20H,1-3H3;6-10,12H,3-5H2,1-2H3. The van der Waals surface area contributed by atoms with Crippen LogP contribution in [0, 0.1) is 18.6 Å². The average molecular weight is 646 g/mol. The fraction of sp³-hybridized carbons (Fsp3) is 0.265. The Labute approximate surface area is 269 Å². The molecule has 0 radical (unpaired) electrons. The van der Waals surface area contributed by atoms with Gasteiger partial charge in [0.05, 0.1) is 67.3 Å². The molecule has 1 aliphatic carbocycles. The van der Waals surface area contributed by atoms with Crippen molar-refractivity contribution in [2.75, 3.05) is 33.2 Å². The fourth-order valence-corrected chi connectivity index (χ4v) is 4.90. The van der Waals surface area contributed by atoms with Gasteiger partial charge in [0.15, 0.2) is 35.2 Å². The van der Waals surface area contributed by atoms with E-state index in [0.29, 0.717) is 58.5 Å². The lowest BCUT2D eigenvalue weighted by atomic mass is 10.1. The van der Waals surface area contributed by atoms with E-state index in [2.05, 4.69) is 20.3 Å². The smallest absolute Gasteiger partial charge is 0.265 e. The molecule has 0 atom stereocenters. The first kappa shape index (κ1) is 32.8. The maximum absolute atomic E-state index is 14.3. The number of pyridine rings is 4. The maximum Gasteiger partial charge on any atom is 0.265 e. The van der Waals surface area contributed by atoms with E-state index >= 15 is 0 Å². The number of hydrogen-bond donors (Lipinski definition) is 1. The van der Waals surface area contributed by atoms with E-state index in [0.717, 1.165) is 30.3 Å². The molecular weight excluding hydrogens is 612 g/mol. The number of aryl methyl sites for hydroxylation is 1. The summed E-state index contributed by atoms with van der Waals surface area (Å²) in [6, 6.07) is 9.59. The first-order valence-corrected chi connectivity index (χ1v) is 14.7. The van der Waals surface area contributed by atoms with Crippen molar-refractivity contribution in [1.29, 1.82) is 0 Å². The molecule has 0 amide bonds. The Morgan fingerprint density at radius 1 is 0.979 bits per heavy atom. The molecule has 244 valence electrons. The first-order valence-electron chi connectivity index (χ1n) is 14.7. The van der Waals surface area contributed by atoms with E-state index in [1.165, 1.54) is 32.5 Å². The number of carbonyl (C=O) groups excluding carboxylic acids is 1. The summed E-state index contributed by atoms with van der Waals surface area (Å²) in [7, 11) is 4.56. The van der Waals surface area contributed by atoms with Crippen molar-refractivity contribution in [3.63, 3.8) is 0 Å². The molecule has 0 bridgehead atoms. The van der Waals surface area contributed by atoms with E-state index in [1.54, 1.807) is 29.9 Å². The number of methoxy groups -OCH3 is 2. The highest BCUT2D eigenvalue weighted by Gasteiger charge is 2.28. The number of nitrogens with one attached hydrogen (secondary N) is 1. The summed E-state index contributed by atoms with van der Waals surface area (Å²) in [5.74, 6) is -0.297. The Morgan fingerprint density at radius 3 is 2.34 bits per heavy atom. The second-order valence-electron chi connectivity index (χ2n) is 10.5. The number of aromatic nitrogens is 4. The topological polar surface area (TPSA) is 127 Å². The van der Waals surface area contributed by atoms with Crippen molar-refractivity contribution in [2.45, 2.75) is 32.6 Å². The lowest BCUT2D eigenvalue weighted by Crippen LogP contribution is -2.25. The summed E-state index contributed by atoms with van der Waals surface area (Å²) in [5, 5.41) is 3.06. The Kier molecular flexibility index (Phi) is 9.93. The molecule has 4 heterocycles. The van der Waals surface area contributed by atoms with Gasteiger partial charge in [-0.3, -0.25) is 19.1 Å². The van der Waals surface area contributed by atoms with Crippen LogP contribution >= 0.6 is 0 Å². The Morgan fingerprint density at radius 2 is 1.72 bits per heavy atom. The largest absolute Gasteiger partial charge is 0.493 e. The molecule has 5 aromatic rings. The van der Waals surface area contributed by atoms with Gasteiger partial charge in [-0.15, -0.1) is 0 Å². The minimum atomic E-state index is -0.751. The van der Waals surface area contributed by atoms with Crippen LogP contribution in [0.4, 0.5) is 14.5 Å². The van der Waals surface area contributed by atoms with Gasteiger partial charge in [0.2, 0.25) is 5.88 Å². The quantitative estimate of drug-likeness (QED) is 0.171. The highest BCUT2D eigenvalue weighted by molar-refractivity contribution is 5.88. The lowest BCUT2D eigenvalue weighted by molar-refractivity contribution is 0.112. The fourth-order valence-electron chi connectivity index (χ4n) is 4.90. The average Bonchev–Trinajstić information content (AvgIpc) is 3.92. The molecule has 1 aliphatic rings. The Balaban J connectivity index is 0.000000186. The summed E-state index contributed by atoms with van der Waals surface area (Å²) < 4.78 is 51.2. The molecule has 11 nitrogen and oxygen atoms in total. The molecule has 47 heavy (non-hydrogen) atoms. The maximum atomic E-state index is 14.3. The Bertz CT molecular complexity index is 2000. The van der Waals surface area contributed by atoms with Gasteiger partial charge in [0.25, 0.3) is 11.4 Å². The van der Waals surface area contributed by atoms with E-state index in [4.69, 9.17) is 18.9 Å². The molecule has 0 saturated heterocycles. The van der Waals surface area contributed by atoms with Gasteiger partial charge in [-0.25, -0.2) is 18.7 Å². The van der Waals surface area contributed by atoms with Crippen molar-refractivity contribution >= 4 is 22.9 Å². The molecule has 1 aromatic carbocycles. The lowest BCUT2D eigenvalue weighted by Gasteiger charge is -2.15. The third kappa shape index (κ3) is 6.98. The number of halogens is 2. The Hall–Kier alpha value is -5.59. The number of ether oxygens (including phenoxy) is 4. The summed E-state index contributed by atoms with van der Waals surface area (Å²) in [6.07, 6.45) is 6.76. The summed E-state index contributed by atoms with van der Waals surface area (Å²) in [5.41, 5.74) is 3.30. The molecule has 6 rings (SSSR count). The van der Waals surface area contributed by atoms with Crippen molar-refractivity contribution in [1.82, 2.24) is 19.5 Å². The van der Waals surface area contributed by atoms with Crippen LogP contribution in [0.25, 0.3) is 16.6 Å². The van der Waals surface area contributed by atoms with Crippen molar-refractivity contribution in [3.05, 3.63) is 93.8 Å². The zero-order valence-electron chi connectivity index (χ0n) is 26.5. The van der Waals surface area contributed by atoms with E-state index in [1.807, 2.05) is 26.0 Å². The van der Waals surface area contributed by atoms with Gasteiger partial charge in [-0.2, -0.15) is 0 Å². The zero-order chi connectivity index (χ0) is 33.7. The monoisotopic (exact) mass is 645 g/mol. The molecule has 4 aromatic heterocycles. The second kappa shape index (κ2) is 14.2. The van der Waals surface area contributed by atoms with Gasteiger partial charge in [0, 0.05) is 30.9 Å². The SMILES string of the molecule is CCOc1cc(C)c(-n2c(C3CC3)ccc(C=O)c2=O)cn1.CNc1cnc(Oc2c(F)cnc3cc(OC)c(OC)cc23)c(F)c1. The number of fused-ring (bicyclic) bond motifs is 1. The number of carbonyl (C=O) groups is 1. The van der Waals surface area contributed by atoms with Crippen molar-refractivity contribution < 1.29 is 32.5 Å². The summed E-state index contributed by atoms with van der Waals surface area (Å²) in [4.78, 5) is 35.8. The predicted octanol–water partition coefficient (Wildman–Crippen LogP) is 6.39. The van der Waals surface area contributed by atoms with E-state index < -0.39 is 11.6 Å². The van der Waals surface area contributed by atoms with Gasteiger partial charge in [-0.1, -0.05) is 0 Å². The van der Waals surface area contributed by atoms with E-state index in [9.17, 15) is 18.4 Å². The minimum Gasteiger partial charge on any atom is -0.493 e. The van der Waals surface area contributed by atoms with Crippen LogP contribution in [-0.2, 0) is 0 Å². The number of anilines is 1. The van der Waals surface area contributed by atoms with Crippen LogP contribution in [0.15, 0.2) is 59.8 Å². The number of rotatable bonds is 10. The van der Waals surface area contributed by atoms with Crippen LogP contribution in [0.3, 0.4) is 0 Å². The number of benzene rings is 1. The summed E-state index contributed by atoms with van der Waals surface area (Å²) in [6.45, 7) is 4.35. The van der Waals surface area contributed by atoms with Gasteiger partial charge in [-0.05, 0) is 56.4 Å². The minimum absolute atomic E-state index is 0.165.